The second-order valence-corrected chi connectivity index (χ2v) is 6.70. The first-order chi connectivity index (χ1) is 13.2. The van der Waals surface area contributed by atoms with Gasteiger partial charge in [-0.15, -0.1) is 0 Å². The topological polar surface area (TPSA) is 38.7 Å². The highest BCUT2D eigenvalue weighted by Crippen LogP contribution is 2.24. The van der Waals surface area contributed by atoms with Crippen LogP contribution >= 0.6 is 0 Å². The molecule has 134 valence electrons. The Morgan fingerprint density at radius 2 is 1.74 bits per heavy atom. The molecule has 0 N–H and O–H groups in total. The van der Waals surface area contributed by atoms with Crippen LogP contribution in [0.15, 0.2) is 77.4 Å². The van der Waals surface area contributed by atoms with Gasteiger partial charge in [0.25, 0.3) is 0 Å². The van der Waals surface area contributed by atoms with Crippen LogP contribution in [-0.2, 0) is 16.0 Å². The smallest absolute Gasteiger partial charge is 0.363 e. The number of ether oxygens (including phenoxy) is 1. The van der Waals surface area contributed by atoms with E-state index in [0.717, 1.165) is 28.3 Å². The highest BCUT2D eigenvalue weighted by molar-refractivity contribution is 6.13. The van der Waals surface area contributed by atoms with Crippen molar-refractivity contribution in [2.24, 2.45) is 4.99 Å². The number of unbranched alkanes of at least 4 members (excludes halogenated alkanes) is 1. The summed E-state index contributed by atoms with van der Waals surface area (Å²) in [5.41, 5.74) is 3.40. The largest absolute Gasteiger partial charge is 0.402 e. The maximum absolute atomic E-state index is 12.3. The number of carbonyl (C=O) groups excluding carboxylic acids is 1. The quantitative estimate of drug-likeness (QED) is 0.446. The number of hydrogen-bond donors (Lipinski definition) is 0. The Balaban J connectivity index is 1.63. The van der Waals surface area contributed by atoms with Crippen molar-refractivity contribution in [3.05, 3.63) is 89.1 Å². The number of benzene rings is 3. The zero-order chi connectivity index (χ0) is 18.6. The molecule has 0 amide bonds. The number of rotatable bonds is 5. The van der Waals surface area contributed by atoms with Crippen LogP contribution in [0.5, 0.6) is 0 Å². The Kier molecular flexibility index (Phi) is 4.84. The SMILES string of the molecule is CCCCc1ccc(C2=N/C(=C\c3cccc4ccccc34)C(=O)O2)cc1. The second-order valence-electron chi connectivity index (χ2n) is 6.70. The monoisotopic (exact) mass is 355 g/mol. The molecule has 1 aliphatic heterocycles. The third kappa shape index (κ3) is 3.68. The van der Waals surface area contributed by atoms with Gasteiger partial charge in [-0.25, -0.2) is 9.79 Å². The second kappa shape index (κ2) is 7.58. The fraction of sp³-hybridized carbons (Fsp3) is 0.167. The van der Waals surface area contributed by atoms with E-state index in [1.165, 1.54) is 18.4 Å². The molecule has 0 atom stereocenters. The summed E-state index contributed by atoms with van der Waals surface area (Å²) in [6, 6.07) is 22.2. The minimum Gasteiger partial charge on any atom is -0.402 e. The van der Waals surface area contributed by atoms with Gasteiger partial charge < -0.3 is 4.74 Å². The third-order valence-corrected chi connectivity index (χ3v) is 4.76. The number of nitrogens with zero attached hydrogens (tertiary/aromatic N) is 1. The van der Waals surface area contributed by atoms with Crippen LogP contribution in [0.4, 0.5) is 0 Å². The molecular formula is C24H21NO2. The highest BCUT2D eigenvalue weighted by atomic mass is 16.6. The van der Waals surface area contributed by atoms with E-state index in [-0.39, 0.29) is 0 Å². The average Bonchev–Trinajstić information content (AvgIpc) is 3.07. The van der Waals surface area contributed by atoms with E-state index in [2.05, 4.69) is 36.2 Å². The summed E-state index contributed by atoms with van der Waals surface area (Å²) in [4.78, 5) is 16.7. The van der Waals surface area contributed by atoms with Crippen LogP contribution in [0, 0.1) is 0 Å². The van der Waals surface area contributed by atoms with E-state index in [1.54, 1.807) is 6.08 Å². The van der Waals surface area contributed by atoms with Gasteiger partial charge >= 0.3 is 5.97 Å². The van der Waals surface area contributed by atoms with E-state index in [1.807, 2.05) is 42.5 Å². The fourth-order valence-corrected chi connectivity index (χ4v) is 3.25. The third-order valence-electron chi connectivity index (χ3n) is 4.76. The maximum atomic E-state index is 12.3. The summed E-state index contributed by atoms with van der Waals surface area (Å²) in [7, 11) is 0. The van der Waals surface area contributed by atoms with Crippen molar-refractivity contribution in [3.8, 4) is 0 Å². The van der Waals surface area contributed by atoms with Gasteiger partial charge in [0.2, 0.25) is 5.90 Å². The Bertz CT molecular complexity index is 1040. The molecule has 0 unspecified atom stereocenters. The van der Waals surface area contributed by atoms with E-state index >= 15 is 0 Å². The lowest BCUT2D eigenvalue weighted by Gasteiger charge is -2.02. The lowest BCUT2D eigenvalue weighted by atomic mass is 10.0. The van der Waals surface area contributed by atoms with Crippen LogP contribution in [0.2, 0.25) is 0 Å². The van der Waals surface area contributed by atoms with E-state index < -0.39 is 5.97 Å². The summed E-state index contributed by atoms with van der Waals surface area (Å²) in [6.45, 7) is 2.19. The molecule has 0 radical (unpaired) electrons. The molecule has 3 nitrogen and oxygen atoms in total. The van der Waals surface area contributed by atoms with Gasteiger partial charge in [-0.3, -0.25) is 0 Å². The molecule has 3 heteroatoms. The summed E-state index contributed by atoms with van der Waals surface area (Å²) in [5.74, 6) is -0.0403. The first-order valence-corrected chi connectivity index (χ1v) is 9.34. The predicted octanol–water partition coefficient (Wildman–Crippen LogP) is 5.53. The average molecular weight is 355 g/mol. The zero-order valence-corrected chi connectivity index (χ0v) is 15.3. The first kappa shape index (κ1) is 17.2. The van der Waals surface area contributed by atoms with Crippen molar-refractivity contribution in [3.63, 3.8) is 0 Å². The molecule has 0 fully saturated rings. The standard InChI is InChI=1S/C24H21NO2/c1-2-3-7-17-12-14-19(15-13-17)23-25-22(24(26)27-23)16-20-10-6-9-18-8-4-5-11-21(18)20/h4-6,8-16H,2-3,7H2,1H3/b22-16-. The van der Waals surface area contributed by atoms with E-state index in [4.69, 9.17) is 4.74 Å². The molecule has 1 aliphatic rings. The van der Waals surface area contributed by atoms with E-state index in [9.17, 15) is 4.79 Å². The van der Waals surface area contributed by atoms with Crippen molar-refractivity contribution in [1.29, 1.82) is 0 Å². The lowest BCUT2D eigenvalue weighted by molar-refractivity contribution is -0.129. The molecule has 3 aromatic carbocycles. The number of hydrogen-bond acceptors (Lipinski definition) is 3. The Hall–Kier alpha value is -3.20. The molecule has 0 aliphatic carbocycles. The predicted molar refractivity (Wildman–Crippen MR) is 110 cm³/mol. The van der Waals surface area contributed by atoms with Crippen LogP contribution in [0.3, 0.4) is 0 Å². The normalized spacial score (nSPS) is 15.2. The molecule has 0 saturated heterocycles. The van der Waals surface area contributed by atoms with Crippen LogP contribution in [-0.4, -0.2) is 11.9 Å². The fourth-order valence-electron chi connectivity index (χ4n) is 3.25. The lowest BCUT2D eigenvalue weighted by Crippen LogP contribution is -2.05. The molecule has 0 spiro atoms. The zero-order valence-electron chi connectivity index (χ0n) is 15.3. The molecule has 27 heavy (non-hydrogen) atoms. The maximum Gasteiger partial charge on any atom is 0.363 e. The van der Waals surface area contributed by atoms with Crippen molar-refractivity contribution in [2.75, 3.05) is 0 Å². The minimum absolute atomic E-state index is 0.330. The Morgan fingerprint density at radius 3 is 2.56 bits per heavy atom. The van der Waals surface area contributed by atoms with Crippen molar-refractivity contribution in [2.45, 2.75) is 26.2 Å². The minimum atomic E-state index is -0.409. The Labute approximate surface area is 159 Å². The van der Waals surface area contributed by atoms with Crippen molar-refractivity contribution >= 4 is 28.7 Å². The molecule has 4 rings (SSSR count). The molecular weight excluding hydrogens is 334 g/mol. The molecule has 0 saturated carbocycles. The van der Waals surface area contributed by atoms with Crippen molar-refractivity contribution < 1.29 is 9.53 Å². The van der Waals surface area contributed by atoms with E-state index in [0.29, 0.717) is 11.6 Å². The summed E-state index contributed by atoms with van der Waals surface area (Å²) in [6.07, 6.45) is 5.21. The van der Waals surface area contributed by atoms with Gasteiger partial charge in [-0.05, 0) is 52.9 Å². The first-order valence-electron chi connectivity index (χ1n) is 9.34. The summed E-state index contributed by atoms with van der Waals surface area (Å²) >= 11 is 0. The van der Waals surface area contributed by atoms with Crippen LogP contribution < -0.4 is 0 Å². The van der Waals surface area contributed by atoms with Gasteiger partial charge in [-0.1, -0.05) is 67.9 Å². The van der Waals surface area contributed by atoms with Gasteiger partial charge in [-0.2, -0.15) is 0 Å². The number of fused-ring (bicyclic) bond motifs is 1. The van der Waals surface area contributed by atoms with Crippen molar-refractivity contribution in [1.82, 2.24) is 0 Å². The number of aliphatic imine (C=N–C) groups is 1. The van der Waals surface area contributed by atoms with Gasteiger partial charge in [0.05, 0.1) is 0 Å². The molecule has 3 aromatic rings. The molecule has 0 bridgehead atoms. The van der Waals surface area contributed by atoms with Crippen LogP contribution in [0.25, 0.3) is 16.8 Å². The number of carbonyl (C=O) groups is 1. The van der Waals surface area contributed by atoms with Gasteiger partial charge in [0.1, 0.15) is 0 Å². The number of esters is 1. The number of cyclic esters (lactones) is 1. The molecule has 1 heterocycles. The van der Waals surface area contributed by atoms with Gasteiger partial charge in [0.15, 0.2) is 5.70 Å². The highest BCUT2D eigenvalue weighted by Gasteiger charge is 2.24. The van der Waals surface area contributed by atoms with Crippen LogP contribution in [0.1, 0.15) is 36.5 Å². The number of aryl methyl sites for hydroxylation is 1. The summed E-state index contributed by atoms with van der Waals surface area (Å²) in [5, 5.41) is 2.22. The summed E-state index contributed by atoms with van der Waals surface area (Å²) < 4.78 is 5.41. The van der Waals surface area contributed by atoms with Gasteiger partial charge in [0, 0.05) is 5.56 Å². The molecule has 0 aromatic heterocycles. The Morgan fingerprint density at radius 1 is 0.963 bits per heavy atom.